The van der Waals surface area contributed by atoms with Gasteiger partial charge in [-0.2, -0.15) is 0 Å². The summed E-state index contributed by atoms with van der Waals surface area (Å²) in [6.07, 6.45) is 1.69. The van der Waals surface area contributed by atoms with Gasteiger partial charge in [-0.15, -0.1) is 0 Å². The average molecular weight is 300 g/mol. The Morgan fingerprint density at radius 2 is 2.14 bits per heavy atom. The van der Waals surface area contributed by atoms with Gasteiger partial charge in [-0.1, -0.05) is 0 Å². The zero-order chi connectivity index (χ0) is 16.0. The van der Waals surface area contributed by atoms with Crippen molar-refractivity contribution in [3.63, 3.8) is 0 Å². The van der Waals surface area contributed by atoms with Gasteiger partial charge < -0.3 is 20.1 Å². The summed E-state index contributed by atoms with van der Waals surface area (Å²) in [5, 5.41) is 12.2. The molecule has 1 rings (SSSR count). The predicted octanol–water partition coefficient (Wildman–Crippen LogP) is 1.94. The number of urea groups is 1. The van der Waals surface area contributed by atoms with Crippen molar-refractivity contribution in [2.75, 3.05) is 26.3 Å². The molecule has 0 aliphatic carbocycles. The quantitative estimate of drug-likeness (QED) is 0.786. The molecular weight excluding hydrogens is 272 g/mol. The number of rotatable bonds is 6. The van der Waals surface area contributed by atoms with Gasteiger partial charge in [0.1, 0.15) is 0 Å². The third-order valence-corrected chi connectivity index (χ3v) is 4.22. The first kappa shape index (κ1) is 17.8. The van der Waals surface area contributed by atoms with Crippen molar-refractivity contribution < 1.29 is 19.4 Å². The topological polar surface area (TPSA) is 78.9 Å². The molecule has 1 aliphatic heterocycles. The lowest BCUT2D eigenvalue weighted by molar-refractivity contribution is -0.151. The van der Waals surface area contributed by atoms with E-state index in [0.29, 0.717) is 26.3 Å². The second-order valence-electron chi connectivity index (χ2n) is 6.32. The normalized spacial score (nSPS) is 21.0. The Hall–Kier alpha value is -1.30. The molecule has 1 fully saturated rings. The zero-order valence-corrected chi connectivity index (χ0v) is 13.5. The minimum atomic E-state index is -0.810. The number of piperidine rings is 1. The lowest BCUT2D eigenvalue weighted by Crippen LogP contribution is -2.52. The number of nitrogens with one attached hydrogen (secondary N) is 1. The maximum atomic E-state index is 12.2. The summed E-state index contributed by atoms with van der Waals surface area (Å²) < 4.78 is 5.28. The lowest BCUT2D eigenvalue weighted by Gasteiger charge is -2.39. The smallest absolute Gasteiger partial charge is 0.317 e. The highest BCUT2D eigenvalue weighted by molar-refractivity contribution is 5.76. The van der Waals surface area contributed by atoms with Crippen LogP contribution in [0.15, 0.2) is 0 Å². The molecule has 6 nitrogen and oxygen atoms in total. The molecular formula is C15H28N2O4. The number of hydrogen-bond acceptors (Lipinski definition) is 3. The Balaban J connectivity index is 2.56. The SMILES string of the molecule is CCOCC(C)NC(=O)N1CCCC(C(C)(C)C(=O)O)C1. The minimum absolute atomic E-state index is 0.0169. The third kappa shape index (κ3) is 4.88. The van der Waals surface area contributed by atoms with Crippen LogP contribution in [-0.2, 0) is 9.53 Å². The number of carboxylic acids is 1. The number of carboxylic acid groups (broad SMARTS) is 1. The van der Waals surface area contributed by atoms with Crippen LogP contribution in [0, 0.1) is 11.3 Å². The second-order valence-corrected chi connectivity index (χ2v) is 6.32. The molecule has 122 valence electrons. The van der Waals surface area contributed by atoms with E-state index in [-0.39, 0.29) is 18.0 Å². The van der Waals surface area contributed by atoms with E-state index in [1.165, 1.54) is 0 Å². The molecule has 0 spiro atoms. The molecule has 0 bridgehead atoms. The molecule has 2 amide bonds. The minimum Gasteiger partial charge on any atom is -0.481 e. The molecule has 2 unspecified atom stereocenters. The van der Waals surface area contributed by atoms with Crippen LogP contribution in [0.5, 0.6) is 0 Å². The molecule has 1 heterocycles. The lowest BCUT2D eigenvalue weighted by atomic mass is 9.74. The van der Waals surface area contributed by atoms with Crippen LogP contribution in [0.2, 0.25) is 0 Å². The Labute approximate surface area is 126 Å². The zero-order valence-electron chi connectivity index (χ0n) is 13.5. The van der Waals surface area contributed by atoms with E-state index in [4.69, 9.17) is 4.74 Å². The van der Waals surface area contributed by atoms with Gasteiger partial charge in [0.25, 0.3) is 0 Å². The molecule has 0 radical (unpaired) electrons. The molecule has 2 atom stereocenters. The van der Waals surface area contributed by atoms with Gasteiger partial charge in [0.05, 0.1) is 18.1 Å². The monoisotopic (exact) mass is 300 g/mol. The summed E-state index contributed by atoms with van der Waals surface area (Å²) in [7, 11) is 0. The van der Waals surface area contributed by atoms with E-state index in [2.05, 4.69) is 5.32 Å². The fourth-order valence-electron chi connectivity index (χ4n) is 2.56. The summed E-state index contributed by atoms with van der Waals surface area (Å²) >= 11 is 0. The van der Waals surface area contributed by atoms with Crippen molar-refractivity contribution in [2.24, 2.45) is 11.3 Å². The van der Waals surface area contributed by atoms with Crippen LogP contribution >= 0.6 is 0 Å². The largest absolute Gasteiger partial charge is 0.481 e. The van der Waals surface area contributed by atoms with E-state index in [1.807, 2.05) is 13.8 Å². The van der Waals surface area contributed by atoms with E-state index in [0.717, 1.165) is 12.8 Å². The Morgan fingerprint density at radius 1 is 1.48 bits per heavy atom. The van der Waals surface area contributed by atoms with Crippen LogP contribution in [0.25, 0.3) is 0 Å². The molecule has 0 aromatic heterocycles. The van der Waals surface area contributed by atoms with Gasteiger partial charge in [0.15, 0.2) is 0 Å². The van der Waals surface area contributed by atoms with Gasteiger partial charge in [0.2, 0.25) is 0 Å². The van der Waals surface area contributed by atoms with Crippen molar-refractivity contribution in [1.29, 1.82) is 0 Å². The predicted molar refractivity (Wildman–Crippen MR) is 80.2 cm³/mol. The first-order valence-electron chi connectivity index (χ1n) is 7.65. The van der Waals surface area contributed by atoms with Gasteiger partial charge >= 0.3 is 12.0 Å². The second kappa shape index (κ2) is 7.64. The van der Waals surface area contributed by atoms with Gasteiger partial charge in [0, 0.05) is 19.7 Å². The highest BCUT2D eigenvalue weighted by Gasteiger charge is 2.40. The number of hydrogen-bond donors (Lipinski definition) is 2. The number of nitrogens with zero attached hydrogens (tertiary/aromatic N) is 1. The van der Waals surface area contributed by atoms with Gasteiger partial charge in [-0.05, 0) is 46.5 Å². The van der Waals surface area contributed by atoms with E-state index >= 15 is 0 Å². The number of amides is 2. The number of ether oxygens (including phenoxy) is 1. The third-order valence-electron chi connectivity index (χ3n) is 4.22. The number of carbonyl (C=O) groups is 2. The van der Waals surface area contributed by atoms with Crippen LogP contribution < -0.4 is 5.32 Å². The molecule has 0 aromatic carbocycles. The van der Waals surface area contributed by atoms with Gasteiger partial charge in [-0.25, -0.2) is 4.79 Å². The number of carbonyl (C=O) groups excluding carboxylic acids is 1. The summed E-state index contributed by atoms with van der Waals surface area (Å²) in [5.41, 5.74) is -0.810. The number of likely N-dealkylation sites (tertiary alicyclic amines) is 1. The van der Waals surface area contributed by atoms with Crippen molar-refractivity contribution in [3.05, 3.63) is 0 Å². The van der Waals surface area contributed by atoms with Crippen molar-refractivity contribution in [3.8, 4) is 0 Å². The van der Waals surface area contributed by atoms with E-state index < -0.39 is 11.4 Å². The van der Waals surface area contributed by atoms with Crippen LogP contribution in [0.4, 0.5) is 4.79 Å². The van der Waals surface area contributed by atoms with Crippen LogP contribution in [0.1, 0.15) is 40.5 Å². The van der Waals surface area contributed by atoms with Crippen molar-refractivity contribution in [2.45, 2.75) is 46.6 Å². The summed E-state index contributed by atoms with van der Waals surface area (Å²) in [6.45, 7) is 9.57. The molecule has 1 saturated heterocycles. The van der Waals surface area contributed by atoms with Crippen molar-refractivity contribution in [1.82, 2.24) is 10.2 Å². The van der Waals surface area contributed by atoms with Crippen LogP contribution in [-0.4, -0.2) is 54.4 Å². The summed E-state index contributed by atoms with van der Waals surface area (Å²) in [6, 6.07) is -0.182. The first-order chi connectivity index (χ1) is 9.78. The molecule has 2 N–H and O–H groups in total. The summed E-state index contributed by atoms with van der Waals surface area (Å²) in [4.78, 5) is 25.3. The maximum absolute atomic E-state index is 12.2. The van der Waals surface area contributed by atoms with E-state index in [1.54, 1.807) is 18.7 Å². The fraction of sp³-hybridized carbons (Fsp3) is 0.867. The Morgan fingerprint density at radius 3 is 2.71 bits per heavy atom. The first-order valence-corrected chi connectivity index (χ1v) is 7.65. The molecule has 0 saturated carbocycles. The van der Waals surface area contributed by atoms with Crippen molar-refractivity contribution >= 4 is 12.0 Å². The summed E-state index contributed by atoms with van der Waals surface area (Å²) in [5.74, 6) is -0.823. The molecule has 21 heavy (non-hydrogen) atoms. The molecule has 6 heteroatoms. The van der Waals surface area contributed by atoms with Gasteiger partial charge in [-0.3, -0.25) is 4.79 Å². The highest BCUT2D eigenvalue weighted by atomic mass is 16.5. The number of aliphatic carboxylic acids is 1. The highest BCUT2D eigenvalue weighted by Crippen LogP contribution is 2.34. The molecule has 0 aromatic rings. The fourth-order valence-corrected chi connectivity index (χ4v) is 2.56. The average Bonchev–Trinajstić information content (AvgIpc) is 2.45. The Bertz CT molecular complexity index is 371. The van der Waals surface area contributed by atoms with Crippen LogP contribution in [0.3, 0.4) is 0 Å². The standard InChI is InChI=1S/C15H28N2O4/c1-5-21-10-11(2)16-14(20)17-8-6-7-12(9-17)15(3,4)13(18)19/h11-12H,5-10H2,1-4H3,(H,16,20)(H,18,19). The Kier molecular flexibility index (Phi) is 6.45. The maximum Gasteiger partial charge on any atom is 0.317 e. The van der Waals surface area contributed by atoms with E-state index in [9.17, 15) is 14.7 Å². The molecule has 1 aliphatic rings.